The van der Waals surface area contributed by atoms with Crippen LogP contribution in [-0.4, -0.2) is 23.1 Å². The quantitative estimate of drug-likeness (QED) is 0.633. The van der Waals surface area contributed by atoms with Crippen molar-refractivity contribution in [3.8, 4) is 0 Å². The van der Waals surface area contributed by atoms with E-state index in [4.69, 9.17) is 0 Å². The molecule has 28 heavy (non-hydrogen) atoms. The van der Waals surface area contributed by atoms with Gasteiger partial charge in [0, 0.05) is 37.1 Å². The molecule has 0 aliphatic carbocycles. The fraction of sp³-hybridized carbons (Fsp3) is 0.304. The molecule has 2 N–H and O–H groups in total. The zero-order valence-electron chi connectivity index (χ0n) is 16.6. The second-order valence-electron chi connectivity index (χ2n) is 7.39. The first-order valence-corrected chi connectivity index (χ1v) is 9.93. The average Bonchev–Trinajstić information content (AvgIpc) is 3.23. The Morgan fingerprint density at radius 2 is 1.54 bits per heavy atom. The molecule has 0 unspecified atom stereocenters. The van der Waals surface area contributed by atoms with Crippen LogP contribution in [0.2, 0.25) is 0 Å². The number of hydrogen-bond acceptors (Lipinski definition) is 5. The van der Waals surface area contributed by atoms with Gasteiger partial charge in [0.05, 0.1) is 0 Å². The van der Waals surface area contributed by atoms with Crippen LogP contribution < -0.4 is 15.5 Å². The molecule has 1 aromatic heterocycles. The summed E-state index contributed by atoms with van der Waals surface area (Å²) in [6.07, 6.45) is 2.58. The maximum absolute atomic E-state index is 4.52. The molecule has 0 spiro atoms. The zero-order chi connectivity index (χ0) is 19.3. The number of rotatable bonds is 6. The number of nitrogens with one attached hydrogen (secondary N) is 2. The van der Waals surface area contributed by atoms with Crippen LogP contribution in [0.25, 0.3) is 0 Å². The van der Waals surface area contributed by atoms with Crippen LogP contribution in [0.3, 0.4) is 0 Å². The van der Waals surface area contributed by atoms with Gasteiger partial charge in [-0.2, -0.15) is 0 Å². The van der Waals surface area contributed by atoms with Gasteiger partial charge in [-0.15, -0.1) is 0 Å². The molecular weight excluding hydrogens is 346 g/mol. The van der Waals surface area contributed by atoms with Gasteiger partial charge in [0.1, 0.15) is 17.5 Å². The highest BCUT2D eigenvalue weighted by atomic mass is 15.1. The molecule has 0 saturated carbocycles. The second kappa shape index (κ2) is 8.30. The van der Waals surface area contributed by atoms with Gasteiger partial charge in [0.2, 0.25) is 0 Å². The minimum atomic E-state index is 0.737. The van der Waals surface area contributed by atoms with E-state index >= 15 is 0 Å². The first-order valence-electron chi connectivity index (χ1n) is 9.93. The Morgan fingerprint density at radius 1 is 0.857 bits per heavy atom. The lowest BCUT2D eigenvalue weighted by Crippen LogP contribution is -2.17. The summed E-state index contributed by atoms with van der Waals surface area (Å²) in [4.78, 5) is 11.5. The van der Waals surface area contributed by atoms with Crippen LogP contribution in [0.15, 0.2) is 54.6 Å². The third-order valence-corrected chi connectivity index (χ3v) is 5.04. The van der Waals surface area contributed by atoms with Gasteiger partial charge in [-0.25, -0.2) is 9.97 Å². The molecule has 1 saturated heterocycles. The molecule has 0 atom stereocenters. The molecule has 4 rings (SSSR count). The van der Waals surface area contributed by atoms with E-state index in [1.165, 1.54) is 29.7 Å². The molecule has 5 nitrogen and oxygen atoms in total. The van der Waals surface area contributed by atoms with Gasteiger partial charge in [0.25, 0.3) is 0 Å². The predicted octanol–water partition coefficient (Wildman–Crippen LogP) is 5.05. The molecule has 1 aliphatic rings. The Bertz CT molecular complexity index is 913. The minimum Gasteiger partial charge on any atom is -0.372 e. The fourth-order valence-electron chi connectivity index (χ4n) is 3.50. The van der Waals surface area contributed by atoms with Crippen molar-refractivity contribution in [2.24, 2.45) is 0 Å². The van der Waals surface area contributed by atoms with Gasteiger partial charge in [-0.1, -0.05) is 29.8 Å². The average molecular weight is 374 g/mol. The van der Waals surface area contributed by atoms with Crippen LogP contribution in [0.1, 0.15) is 29.8 Å². The standard InChI is InChI=1S/C23H27N5/c1-17-5-7-19(8-6-17)16-24-22-15-23(26-18(2)25-22)27-20-9-11-21(12-10-20)28-13-3-4-14-28/h5-12,15H,3-4,13-14,16H2,1-2H3,(H2,24,25,26,27). The van der Waals surface area contributed by atoms with Gasteiger partial charge in [0.15, 0.2) is 0 Å². The van der Waals surface area contributed by atoms with Gasteiger partial charge >= 0.3 is 0 Å². The summed E-state index contributed by atoms with van der Waals surface area (Å²) >= 11 is 0. The summed E-state index contributed by atoms with van der Waals surface area (Å²) in [5.41, 5.74) is 4.82. The third kappa shape index (κ3) is 4.60. The summed E-state index contributed by atoms with van der Waals surface area (Å²) < 4.78 is 0. The summed E-state index contributed by atoms with van der Waals surface area (Å²) in [5, 5.41) is 6.79. The second-order valence-corrected chi connectivity index (χ2v) is 7.39. The maximum Gasteiger partial charge on any atom is 0.136 e. The number of nitrogens with zero attached hydrogens (tertiary/aromatic N) is 3. The summed E-state index contributed by atoms with van der Waals surface area (Å²) in [6, 6.07) is 19.1. The topological polar surface area (TPSA) is 53.1 Å². The summed E-state index contributed by atoms with van der Waals surface area (Å²) in [6.45, 7) is 7.07. The highest BCUT2D eigenvalue weighted by Gasteiger charge is 2.12. The van der Waals surface area contributed by atoms with Gasteiger partial charge in [-0.3, -0.25) is 0 Å². The van der Waals surface area contributed by atoms with E-state index in [-0.39, 0.29) is 0 Å². The van der Waals surface area contributed by atoms with E-state index in [2.05, 4.69) is 81.0 Å². The molecule has 144 valence electrons. The van der Waals surface area contributed by atoms with Crippen molar-refractivity contribution in [3.05, 3.63) is 71.5 Å². The third-order valence-electron chi connectivity index (χ3n) is 5.04. The van der Waals surface area contributed by atoms with E-state index in [1.54, 1.807) is 0 Å². The SMILES string of the molecule is Cc1ccc(CNc2cc(Nc3ccc(N4CCCC4)cc3)nc(C)n2)cc1. The van der Waals surface area contributed by atoms with E-state index in [1.807, 2.05) is 13.0 Å². The lowest BCUT2D eigenvalue weighted by atomic mass is 10.1. The number of aryl methyl sites for hydroxylation is 2. The molecule has 5 heteroatoms. The molecule has 2 heterocycles. The lowest BCUT2D eigenvalue weighted by molar-refractivity contribution is 0.949. The van der Waals surface area contributed by atoms with Crippen LogP contribution in [-0.2, 0) is 6.54 Å². The fourth-order valence-corrected chi connectivity index (χ4v) is 3.50. The first-order chi connectivity index (χ1) is 13.7. The largest absolute Gasteiger partial charge is 0.372 e. The summed E-state index contributed by atoms with van der Waals surface area (Å²) in [5.74, 6) is 2.36. The number of hydrogen-bond donors (Lipinski definition) is 2. The minimum absolute atomic E-state index is 0.737. The Hall–Kier alpha value is -3.08. The number of benzene rings is 2. The molecule has 2 aromatic carbocycles. The van der Waals surface area contributed by atoms with Crippen molar-refractivity contribution in [3.63, 3.8) is 0 Å². The molecule has 0 bridgehead atoms. The van der Waals surface area contributed by atoms with Crippen LogP contribution >= 0.6 is 0 Å². The van der Waals surface area contributed by atoms with E-state index in [0.29, 0.717) is 0 Å². The van der Waals surface area contributed by atoms with Crippen molar-refractivity contribution < 1.29 is 0 Å². The van der Waals surface area contributed by atoms with E-state index in [9.17, 15) is 0 Å². The summed E-state index contributed by atoms with van der Waals surface area (Å²) in [7, 11) is 0. The van der Waals surface area contributed by atoms with E-state index in [0.717, 1.165) is 42.8 Å². The van der Waals surface area contributed by atoms with Crippen LogP contribution in [0.5, 0.6) is 0 Å². The smallest absolute Gasteiger partial charge is 0.136 e. The highest BCUT2D eigenvalue weighted by Crippen LogP contribution is 2.24. The Kier molecular flexibility index (Phi) is 5.42. The van der Waals surface area contributed by atoms with Crippen molar-refractivity contribution in [1.82, 2.24) is 9.97 Å². The monoisotopic (exact) mass is 373 g/mol. The predicted molar refractivity (Wildman–Crippen MR) is 116 cm³/mol. The van der Waals surface area contributed by atoms with Crippen molar-refractivity contribution in [2.45, 2.75) is 33.2 Å². The molecule has 3 aromatic rings. The van der Waals surface area contributed by atoms with Gasteiger partial charge in [-0.05, 0) is 56.5 Å². The van der Waals surface area contributed by atoms with Crippen molar-refractivity contribution in [1.29, 1.82) is 0 Å². The van der Waals surface area contributed by atoms with Crippen LogP contribution in [0.4, 0.5) is 23.0 Å². The number of anilines is 4. The highest BCUT2D eigenvalue weighted by molar-refractivity contribution is 5.62. The maximum atomic E-state index is 4.52. The molecule has 0 radical (unpaired) electrons. The molecule has 0 amide bonds. The Labute approximate surface area is 166 Å². The zero-order valence-corrected chi connectivity index (χ0v) is 16.6. The number of aromatic nitrogens is 2. The lowest BCUT2D eigenvalue weighted by Gasteiger charge is -2.18. The Morgan fingerprint density at radius 3 is 2.25 bits per heavy atom. The van der Waals surface area contributed by atoms with Crippen molar-refractivity contribution >= 4 is 23.0 Å². The van der Waals surface area contributed by atoms with Gasteiger partial charge < -0.3 is 15.5 Å². The van der Waals surface area contributed by atoms with E-state index < -0.39 is 0 Å². The normalized spacial score (nSPS) is 13.6. The molecular formula is C23H27N5. The van der Waals surface area contributed by atoms with Crippen LogP contribution in [0, 0.1) is 13.8 Å². The first kappa shape index (κ1) is 18.3. The molecule has 1 aliphatic heterocycles. The van der Waals surface area contributed by atoms with Crippen molar-refractivity contribution in [2.75, 3.05) is 28.6 Å². The molecule has 1 fully saturated rings. The Balaban J connectivity index is 1.42.